The molecule has 0 aliphatic heterocycles. The van der Waals surface area contributed by atoms with E-state index >= 15 is 0 Å². The molecule has 0 unspecified atom stereocenters. The minimum Gasteiger partial charge on any atom is -0.481 e. The Morgan fingerprint density at radius 2 is 1.90 bits per heavy atom. The van der Waals surface area contributed by atoms with Crippen molar-refractivity contribution >= 4 is 23.5 Å². The predicted octanol–water partition coefficient (Wildman–Crippen LogP) is 1.08. The average Bonchev–Trinajstić information content (AvgIpc) is 2.93. The number of hydrogen-bond acceptors (Lipinski definition) is 3. The molecule has 2 amide bonds. The third kappa shape index (κ3) is 2.36. The van der Waals surface area contributed by atoms with Gasteiger partial charge in [-0.2, -0.15) is 0 Å². The summed E-state index contributed by atoms with van der Waals surface area (Å²) in [4.78, 5) is 34.2. The molecule has 0 heterocycles. The van der Waals surface area contributed by atoms with Gasteiger partial charge in [-0.25, -0.2) is 0 Å². The molecule has 0 aromatic heterocycles. The van der Waals surface area contributed by atoms with E-state index in [4.69, 9.17) is 10.8 Å². The average molecular weight is 276 g/mol. The summed E-state index contributed by atoms with van der Waals surface area (Å²) >= 11 is 0. The quantitative estimate of drug-likeness (QED) is 0.764. The molecule has 6 nitrogen and oxygen atoms in total. The Morgan fingerprint density at radius 3 is 2.40 bits per heavy atom. The topological polar surface area (TPSA) is 109 Å². The molecule has 0 radical (unpaired) electrons. The van der Waals surface area contributed by atoms with Gasteiger partial charge < -0.3 is 16.2 Å². The molecule has 6 heteroatoms. The van der Waals surface area contributed by atoms with Crippen LogP contribution < -0.4 is 11.1 Å². The number of carbonyl (C=O) groups is 3. The smallest absolute Gasteiger partial charge is 0.307 e. The summed E-state index contributed by atoms with van der Waals surface area (Å²) in [5.41, 5.74) is 5.32. The third-order valence-electron chi connectivity index (χ3n) is 3.79. The van der Waals surface area contributed by atoms with Crippen molar-refractivity contribution in [2.45, 2.75) is 13.8 Å². The van der Waals surface area contributed by atoms with Crippen molar-refractivity contribution in [2.24, 2.45) is 23.0 Å². The molecule has 106 valence electrons. The highest BCUT2D eigenvalue weighted by Crippen LogP contribution is 2.58. The second-order valence-corrected chi connectivity index (χ2v) is 5.55. The van der Waals surface area contributed by atoms with Crippen molar-refractivity contribution in [3.8, 4) is 0 Å². The lowest BCUT2D eigenvalue weighted by Crippen LogP contribution is -2.18. The standard InChI is InChI=1S/C14H16N2O4/c1-14(2)9(10(14)13(19)20)12(18)16-8-5-3-4-7(6-8)11(15)17/h3-6,9-10H,1-2H3,(H2,15,17)(H,16,18)(H,19,20)/t9-,10+/m1/s1. The van der Waals surface area contributed by atoms with Crippen LogP contribution in [0, 0.1) is 17.3 Å². The Labute approximate surface area is 116 Å². The fourth-order valence-corrected chi connectivity index (χ4v) is 2.56. The van der Waals surface area contributed by atoms with Crippen LogP contribution in [0.4, 0.5) is 5.69 Å². The van der Waals surface area contributed by atoms with Gasteiger partial charge in [0.05, 0.1) is 11.8 Å². The van der Waals surface area contributed by atoms with E-state index in [1.165, 1.54) is 6.07 Å². The van der Waals surface area contributed by atoms with Crippen LogP contribution in [0.1, 0.15) is 24.2 Å². The van der Waals surface area contributed by atoms with Gasteiger partial charge in [0.15, 0.2) is 0 Å². The highest BCUT2D eigenvalue weighted by atomic mass is 16.4. The highest BCUT2D eigenvalue weighted by Gasteiger charge is 2.65. The lowest BCUT2D eigenvalue weighted by molar-refractivity contribution is -0.140. The van der Waals surface area contributed by atoms with Crippen LogP contribution in [0.5, 0.6) is 0 Å². The Balaban J connectivity index is 2.12. The van der Waals surface area contributed by atoms with Gasteiger partial charge >= 0.3 is 5.97 Å². The number of carboxylic acids is 1. The molecule has 2 atom stereocenters. The molecule has 2 rings (SSSR count). The van der Waals surface area contributed by atoms with Crippen LogP contribution in [0.3, 0.4) is 0 Å². The zero-order valence-electron chi connectivity index (χ0n) is 11.2. The van der Waals surface area contributed by atoms with E-state index in [2.05, 4.69) is 5.32 Å². The maximum Gasteiger partial charge on any atom is 0.307 e. The summed E-state index contributed by atoms with van der Waals surface area (Å²) in [7, 11) is 0. The largest absolute Gasteiger partial charge is 0.481 e. The maximum atomic E-state index is 12.1. The zero-order valence-corrected chi connectivity index (χ0v) is 11.2. The number of aliphatic carboxylic acids is 1. The fraction of sp³-hybridized carbons (Fsp3) is 0.357. The summed E-state index contributed by atoms with van der Waals surface area (Å²) in [6, 6.07) is 6.22. The fourth-order valence-electron chi connectivity index (χ4n) is 2.56. The second kappa shape index (κ2) is 4.63. The Kier molecular flexibility index (Phi) is 3.25. The summed E-state index contributed by atoms with van der Waals surface area (Å²) < 4.78 is 0. The van der Waals surface area contributed by atoms with E-state index in [1.54, 1.807) is 32.0 Å². The van der Waals surface area contributed by atoms with Crippen LogP contribution in [0.2, 0.25) is 0 Å². The van der Waals surface area contributed by atoms with Crippen molar-refractivity contribution in [3.63, 3.8) is 0 Å². The highest BCUT2D eigenvalue weighted by molar-refractivity contribution is 6.01. The molecule has 0 saturated heterocycles. The SMILES string of the molecule is CC1(C)[C@H](C(=O)O)[C@@H]1C(=O)Nc1cccc(C(N)=O)c1. The Bertz CT molecular complexity index is 595. The monoisotopic (exact) mass is 276 g/mol. The van der Waals surface area contributed by atoms with E-state index in [-0.39, 0.29) is 11.5 Å². The molecular weight excluding hydrogens is 260 g/mol. The van der Waals surface area contributed by atoms with Crippen molar-refractivity contribution < 1.29 is 19.5 Å². The van der Waals surface area contributed by atoms with Gasteiger partial charge in [-0.15, -0.1) is 0 Å². The Morgan fingerprint density at radius 1 is 1.25 bits per heavy atom. The number of amides is 2. The number of benzene rings is 1. The van der Waals surface area contributed by atoms with Crippen LogP contribution in [0.25, 0.3) is 0 Å². The first-order valence-corrected chi connectivity index (χ1v) is 6.18. The summed E-state index contributed by atoms with van der Waals surface area (Å²) in [6.07, 6.45) is 0. The van der Waals surface area contributed by atoms with Gasteiger partial charge in [-0.3, -0.25) is 14.4 Å². The van der Waals surface area contributed by atoms with Crippen molar-refractivity contribution in [1.82, 2.24) is 0 Å². The maximum absolute atomic E-state index is 12.1. The summed E-state index contributed by atoms with van der Waals surface area (Å²) in [6.45, 7) is 3.49. The van der Waals surface area contributed by atoms with Gasteiger partial charge in [0, 0.05) is 11.3 Å². The first-order chi connectivity index (χ1) is 9.25. The Hall–Kier alpha value is -2.37. The molecule has 1 aromatic carbocycles. The van der Waals surface area contributed by atoms with Gasteiger partial charge in [0.25, 0.3) is 0 Å². The minimum absolute atomic E-state index is 0.285. The summed E-state index contributed by atoms with van der Waals surface area (Å²) in [5, 5.41) is 11.7. The predicted molar refractivity (Wildman–Crippen MR) is 72.0 cm³/mol. The number of carbonyl (C=O) groups excluding carboxylic acids is 2. The van der Waals surface area contributed by atoms with Gasteiger partial charge in [0.2, 0.25) is 11.8 Å². The molecule has 1 fully saturated rings. The van der Waals surface area contributed by atoms with Crippen LogP contribution in [0.15, 0.2) is 24.3 Å². The van der Waals surface area contributed by atoms with E-state index in [0.717, 1.165) is 0 Å². The molecule has 4 N–H and O–H groups in total. The van der Waals surface area contributed by atoms with Crippen LogP contribution >= 0.6 is 0 Å². The van der Waals surface area contributed by atoms with Crippen molar-refractivity contribution in [2.75, 3.05) is 5.32 Å². The summed E-state index contributed by atoms with van der Waals surface area (Å²) in [5.74, 6) is -3.17. The van der Waals surface area contributed by atoms with Crippen LogP contribution in [-0.2, 0) is 9.59 Å². The molecular formula is C14H16N2O4. The zero-order chi connectivity index (χ0) is 15.1. The van der Waals surface area contributed by atoms with E-state index in [9.17, 15) is 14.4 Å². The molecule has 1 aromatic rings. The second-order valence-electron chi connectivity index (χ2n) is 5.55. The number of hydrogen-bond donors (Lipinski definition) is 3. The first-order valence-electron chi connectivity index (χ1n) is 6.18. The minimum atomic E-state index is -0.971. The lowest BCUT2D eigenvalue weighted by atomic mass is 10.1. The van der Waals surface area contributed by atoms with Crippen molar-refractivity contribution in [3.05, 3.63) is 29.8 Å². The first kappa shape index (κ1) is 14.0. The van der Waals surface area contributed by atoms with E-state index in [1.807, 2.05) is 0 Å². The van der Waals surface area contributed by atoms with Gasteiger partial charge in [-0.05, 0) is 23.6 Å². The molecule has 1 aliphatic rings. The number of rotatable bonds is 4. The molecule has 1 aliphatic carbocycles. The van der Waals surface area contributed by atoms with Crippen LogP contribution in [-0.4, -0.2) is 22.9 Å². The molecule has 20 heavy (non-hydrogen) atoms. The van der Waals surface area contributed by atoms with Gasteiger partial charge in [-0.1, -0.05) is 19.9 Å². The van der Waals surface area contributed by atoms with Crippen molar-refractivity contribution in [1.29, 1.82) is 0 Å². The van der Waals surface area contributed by atoms with E-state index < -0.39 is 29.1 Å². The number of carboxylic acid groups (broad SMARTS) is 1. The number of primary amides is 1. The molecule has 0 spiro atoms. The lowest BCUT2D eigenvalue weighted by Gasteiger charge is -2.07. The number of nitrogens with two attached hydrogens (primary N) is 1. The number of nitrogens with one attached hydrogen (secondary N) is 1. The normalized spacial score (nSPS) is 22.9. The third-order valence-corrected chi connectivity index (χ3v) is 3.79. The molecule has 1 saturated carbocycles. The number of anilines is 1. The van der Waals surface area contributed by atoms with E-state index in [0.29, 0.717) is 5.69 Å². The molecule has 0 bridgehead atoms. The van der Waals surface area contributed by atoms with Gasteiger partial charge in [0.1, 0.15) is 0 Å².